The largest absolute Gasteiger partial charge is 0.508 e. The number of piperazine rings is 1. The third-order valence-electron chi connectivity index (χ3n) is 11.5. The van der Waals surface area contributed by atoms with Crippen molar-refractivity contribution in [1.82, 2.24) is 24.8 Å². The second-order valence-corrected chi connectivity index (χ2v) is 14.4. The molecule has 8 rings (SSSR count). The van der Waals surface area contributed by atoms with Gasteiger partial charge in [-0.25, -0.2) is 13.6 Å². The molecule has 5 aliphatic rings. The SMILES string of the molecule is CCC1CCc2cc(O)cc(-c3ncc4c(N5CC6CCC(C5)N6C(=O)OCOC(C)=O)nc(OC[C@@]56CCCN5C[C@H](F)C6)nc4c3F)c21. The standard InChI is InChI=1S/C36H42F2N6O6/c1-3-21-5-6-22-11-26(46)12-27(29(21)22)31-30(38)32-28(14-39-31)33(41-34(40-32)48-18-36-9-4-10-43(36)15-23(37)13-36)42-16-24-7-8-25(17-42)44(24)35(47)50-19-49-20(2)45/h11-12,14,21,23-25,46H,3-10,13,15-19H2,1-2H3/t21?,23-,24?,25?,36+/m1/s1. The second-order valence-electron chi connectivity index (χ2n) is 14.4. The maximum atomic E-state index is 17.0. The minimum absolute atomic E-state index is 0.00442. The van der Waals surface area contributed by atoms with Gasteiger partial charge >= 0.3 is 18.1 Å². The van der Waals surface area contributed by atoms with E-state index < -0.39 is 36.4 Å². The van der Waals surface area contributed by atoms with Gasteiger partial charge in [-0.05, 0) is 80.7 Å². The summed E-state index contributed by atoms with van der Waals surface area (Å²) < 4.78 is 47.8. The number of esters is 1. The summed E-state index contributed by atoms with van der Waals surface area (Å²) in [6.45, 7) is 5.05. The van der Waals surface area contributed by atoms with Crippen molar-refractivity contribution in [3.8, 4) is 23.0 Å². The summed E-state index contributed by atoms with van der Waals surface area (Å²) >= 11 is 0. The van der Waals surface area contributed by atoms with Gasteiger partial charge in [0, 0.05) is 44.7 Å². The quantitative estimate of drug-likeness (QED) is 0.246. The van der Waals surface area contributed by atoms with E-state index in [9.17, 15) is 19.1 Å². The number of fused-ring (bicyclic) bond motifs is 5. The van der Waals surface area contributed by atoms with Crippen LogP contribution in [0.2, 0.25) is 0 Å². The molecule has 1 aromatic carbocycles. The summed E-state index contributed by atoms with van der Waals surface area (Å²) in [5.74, 6) is -0.446. The number of alkyl halides is 1. The third kappa shape index (κ3) is 5.65. The third-order valence-corrected chi connectivity index (χ3v) is 11.5. The molecule has 0 saturated carbocycles. The van der Waals surface area contributed by atoms with Crippen LogP contribution in [0.15, 0.2) is 18.3 Å². The number of ether oxygens (including phenoxy) is 3. The zero-order chi connectivity index (χ0) is 34.7. The van der Waals surface area contributed by atoms with E-state index in [1.165, 1.54) is 6.92 Å². The predicted octanol–water partition coefficient (Wildman–Crippen LogP) is 5.24. The summed E-state index contributed by atoms with van der Waals surface area (Å²) in [6.07, 6.45) is 6.30. The van der Waals surface area contributed by atoms with Gasteiger partial charge in [0.25, 0.3) is 0 Å². The zero-order valence-electron chi connectivity index (χ0n) is 28.4. The molecule has 1 N–H and O–H groups in total. The Balaban J connectivity index is 1.17. The van der Waals surface area contributed by atoms with Gasteiger partial charge in [-0.15, -0.1) is 0 Å². The van der Waals surface area contributed by atoms with E-state index in [0.717, 1.165) is 62.6 Å². The van der Waals surface area contributed by atoms with E-state index in [-0.39, 0.29) is 47.6 Å². The van der Waals surface area contributed by atoms with Gasteiger partial charge in [-0.3, -0.25) is 19.6 Å². The molecular weight excluding hydrogens is 650 g/mol. The molecule has 50 heavy (non-hydrogen) atoms. The Bertz CT molecular complexity index is 1830. The number of pyridine rings is 1. The number of phenols is 1. The number of amides is 1. The van der Waals surface area contributed by atoms with Crippen LogP contribution >= 0.6 is 0 Å². The van der Waals surface area contributed by atoms with E-state index in [2.05, 4.69) is 21.8 Å². The second kappa shape index (κ2) is 12.8. The van der Waals surface area contributed by atoms with Crippen LogP contribution in [0.4, 0.5) is 19.4 Å². The fourth-order valence-electron chi connectivity index (χ4n) is 9.24. The Morgan fingerprint density at radius 3 is 2.66 bits per heavy atom. The maximum absolute atomic E-state index is 17.0. The number of halogens is 2. The number of aromatic nitrogens is 3. The minimum Gasteiger partial charge on any atom is -0.508 e. The molecular formula is C36H42F2N6O6. The monoisotopic (exact) mass is 692 g/mol. The Morgan fingerprint density at radius 2 is 1.90 bits per heavy atom. The van der Waals surface area contributed by atoms with Crippen molar-refractivity contribution >= 4 is 28.8 Å². The van der Waals surface area contributed by atoms with Crippen LogP contribution in [0.25, 0.3) is 22.2 Å². The predicted molar refractivity (Wildman–Crippen MR) is 178 cm³/mol. The first-order valence-electron chi connectivity index (χ1n) is 17.7. The van der Waals surface area contributed by atoms with Crippen LogP contribution in [-0.2, 0) is 20.7 Å². The van der Waals surface area contributed by atoms with Gasteiger partial charge in [0.05, 0.1) is 23.0 Å². The first-order valence-corrected chi connectivity index (χ1v) is 17.7. The van der Waals surface area contributed by atoms with Gasteiger partial charge in [-0.2, -0.15) is 9.97 Å². The number of rotatable bonds is 8. The van der Waals surface area contributed by atoms with Gasteiger partial charge < -0.3 is 24.2 Å². The van der Waals surface area contributed by atoms with Crippen molar-refractivity contribution < 1.29 is 37.7 Å². The van der Waals surface area contributed by atoms with E-state index in [4.69, 9.17) is 19.2 Å². The van der Waals surface area contributed by atoms with E-state index in [1.54, 1.807) is 23.2 Å². The number of anilines is 1. The zero-order valence-corrected chi connectivity index (χ0v) is 28.4. The summed E-state index contributed by atoms with van der Waals surface area (Å²) in [5.41, 5.74) is 2.28. The smallest absolute Gasteiger partial charge is 0.413 e. The number of carbonyl (C=O) groups is 2. The molecule has 2 bridgehead atoms. The van der Waals surface area contributed by atoms with Crippen molar-refractivity contribution in [3.63, 3.8) is 0 Å². The van der Waals surface area contributed by atoms with Crippen molar-refractivity contribution in [2.75, 3.05) is 44.5 Å². The van der Waals surface area contributed by atoms with E-state index in [0.29, 0.717) is 42.8 Å². The van der Waals surface area contributed by atoms with Gasteiger partial charge in [0.1, 0.15) is 35.6 Å². The topological polar surface area (TPSA) is 130 Å². The van der Waals surface area contributed by atoms with E-state index in [1.807, 2.05) is 4.90 Å². The lowest BCUT2D eigenvalue weighted by molar-refractivity contribution is -0.149. The highest BCUT2D eigenvalue weighted by molar-refractivity contribution is 5.92. The Hall–Kier alpha value is -4.33. The van der Waals surface area contributed by atoms with Crippen LogP contribution in [0, 0.1) is 5.82 Å². The highest BCUT2D eigenvalue weighted by Crippen LogP contribution is 2.45. The van der Waals surface area contributed by atoms with Crippen molar-refractivity contribution in [3.05, 3.63) is 35.3 Å². The molecule has 4 fully saturated rings. The number of carbonyl (C=O) groups excluding carboxylic acids is 2. The lowest BCUT2D eigenvalue weighted by Crippen LogP contribution is -2.56. The number of aromatic hydroxyl groups is 1. The molecule has 3 aromatic rings. The first-order chi connectivity index (χ1) is 24.1. The molecule has 266 valence electrons. The Labute approximate surface area is 288 Å². The number of phenolic OH excluding ortho intramolecular Hbond substituents is 1. The van der Waals surface area contributed by atoms with Gasteiger partial charge in [-0.1, -0.05) is 6.92 Å². The number of benzene rings is 1. The molecule has 1 amide bonds. The lowest BCUT2D eigenvalue weighted by atomic mass is 9.91. The van der Waals surface area contributed by atoms with Gasteiger partial charge in [0.2, 0.25) is 6.79 Å². The van der Waals surface area contributed by atoms with Crippen molar-refractivity contribution in [2.45, 2.75) is 94.9 Å². The van der Waals surface area contributed by atoms with Crippen LogP contribution in [0.5, 0.6) is 11.8 Å². The Kier molecular flexibility index (Phi) is 8.39. The number of aryl methyl sites for hydroxylation is 1. The normalized spacial score (nSPS) is 27.1. The van der Waals surface area contributed by atoms with Crippen molar-refractivity contribution in [1.29, 1.82) is 0 Å². The molecule has 4 aliphatic heterocycles. The molecule has 1 aliphatic carbocycles. The molecule has 12 nitrogen and oxygen atoms in total. The molecule has 0 radical (unpaired) electrons. The molecule has 2 aromatic heterocycles. The summed E-state index contributed by atoms with van der Waals surface area (Å²) in [4.78, 5) is 44.1. The first kappa shape index (κ1) is 32.9. The number of nitrogens with zero attached hydrogens (tertiary/aromatic N) is 6. The van der Waals surface area contributed by atoms with Crippen molar-refractivity contribution in [2.24, 2.45) is 0 Å². The molecule has 4 saturated heterocycles. The summed E-state index contributed by atoms with van der Waals surface area (Å²) in [5, 5.41) is 11.0. The maximum Gasteiger partial charge on any atom is 0.413 e. The molecule has 3 unspecified atom stereocenters. The van der Waals surface area contributed by atoms with Crippen LogP contribution in [-0.4, -0.2) is 105 Å². The van der Waals surface area contributed by atoms with Crippen LogP contribution < -0.4 is 9.64 Å². The fourth-order valence-corrected chi connectivity index (χ4v) is 9.24. The van der Waals surface area contributed by atoms with Crippen LogP contribution in [0.1, 0.15) is 75.8 Å². The minimum atomic E-state index is -0.929. The van der Waals surface area contributed by atoms with Crippen LogP contribution in [0.3, 0.4) is 0 Å². The summed E-state index contributed by atoms with van der Waals surface area (Å²) in [7, 11) is 0. The highest BCUT2D eigenvalue weighted by atomic mass is 19.1. The highest BCUT2D eigenvalue weighted by Gasteiger charge is 2.50. The van der Waals surface area contributed by atoms with E-state index >= 15 is 4.39 Å². The fraction of sp³-hybridized carbons (Fsp3) is 0.583. The number of hydrogen-bond acceptors (Lipinski definition) is 11. The Morgan fingerprint density at radius 1 is 1.10 bits per heavy atom. The molecule has 14 heteroatoms. The lowest BCUT2D eigenvalue weighted by Gasteiger charge is -2.41. The number of hydrogen-bond donors (Lipinski definition) is 1. The summed E-state index contributed by atoms with van der Waals surface area (Å²) in [6, 6.07) is 2.92. The molecule has 5 atom stereocenters. The average Bonchev–Trinajstić information content (AvgIpc) is 3.82. The molecule has 0 spiro atoms. The molecule has 6 heterocycles. The van der Waals surface area contributed by atoms with Gasteiger partial charge in [0.15, 0.2) is 5.82 Å². The average molecular weight is 693 g/mol.